The number of benzene rings is 3. The van der Waals surface area contributed by atoms with E-state index in [1.165, 1.54) is 24.3 Å². The second-order valence-electron chi connectivity index (χ2n) is 7.43. The van der Waals surface area contributed by atoms with Gasteiger partial charge in [-0.15, -0.1) is 0 Å². The van der Waals surface area contributed by atoms with Gasteiger partial charge in [-0.3, -0.25) is 0 Å². The van der Waals surface area contributed by atoms with Crippen molar-refractivity contribution in [2.45, 2.75) is 24.5 Å². The fourth-order valence-corrected chi connectivity index (χ4v) is 3.99. The number of aliphatic hydroxyl groups is 1. The van der Waals surface area contributed by atoms with E-state index in [4.69, 9.17) is 10.5 Å². The van der Waals surface area contributed by atoms with Crippen LogP contribution in [0.3, 0.4) is 0 Å². The smallest absolute Gasteiger partial charge is 0.344 e. The Balaban J connectivity index is 1.61. The zero-order valence-corrected chi connectivity index (χ0v) is 16.1. The molecule has 0 aromatic heterocycles. The van der Waals surface area contributed by atoms with E-state index in [1.54, 1.807) is 6.92 Å². The molecule has 0 saturated heterocycles. The summed E-state index contributed by atoms with van der Waals surface area (Å²) in [4.78, 5) is 13.0. The Hall–Kier alpha value is -3.15. The zero-order chi connectivity index (χ0) is 20.6. The average Bonchev–Trinajstić information content (AvgIpc) is 3.05. The lowest BCUT2D eigenvalue weighted by molar-refractivity contribution is -0.169. The van der Waals surface area contributed by atoms with Crippen LogP contribution >= 0.6 is 0 Å². The number of carbonyl (C=O) groups is 1. The van der Waals surface area contributed by atoms with Crippen LogP contribution in [0.25, 0.3) is 11.1 Å². The number of hydrogen-bond acceptors (Lipinski definition) is 5. The summed E-state index contributed by atoms with van der Waals surface area (Å²) in [6.07, 6.45) is 0. The first kappa shape index (κ1) is 19.2. The molecule has 2 atom stereocenters. The molecule has 5 nitrogen and oxygen atoms in total. The van der Waals surface area contributed by atoms with Crippen molar-refractivity contribution in [2.24, 2.45) is 5.73 Å². The van der Waals surface area contributed by atoms with E-state index in [-0.39, 0.29) is 23.8 Å². The maximum atomic E-state index is 13.0. The molecule has 2 unspecified atom stereocenters. The predicted molar refractivity (Wildman–Crippen MR) is 110 cm³/mol. The Labute approximate surface area is 169 Å². The Morgan fingerprint density at radius 3 is 2.03 bits per heavy atom. The first-order valence-corrected chi connectivity index (χ1v) is 9.56. The molecule has 0 heterocycles. The average molecular weight is 389 g/mol. The van der Waals surface area contributed by atoms with Gasteiger partial charge in [-0.25, -0.2) is 4.79 Å². The van der Waals surface area contributed by atoms with Crippen LogP contribution in [0.1, 0.15) is 29.5 Å². The molecule has 0 radical (unpaired) electrons. The zero-order valence-electron chi connectivity index (χ0n) is 16.1. The molecule has 0 aliphatic heterocycles. The van der Waals surface area contributed by atoms with E-state index >= 15 is 0 Å². The summed E-state index contributed by atoms with van der Waals surface area (Å²) >= 11 is 0. The number of nitrogens with two attached hydrogens (primary N) is 1. The van der Waals surface area contributed by atoms with Gasteiger partial charge in [0.2, 0.25) is 5.60 Å². The lowest BCUT2D eigenvalue weighted by Crippen LogP contribution is -2.50. The maximum Gasteiger partial charge on any atom is 0.344 e. The molecule has 1 aliphatic rings. The Bertz CT molecular complexity index is 999. The minimum Gasteiger partial charge on any atom is -0.508 e. The molecule has 3 aromatic carbocycles. The van der Waals surface area contributed by atoms with Gasteiger partial charge in [0.05, 0.1) is 0 Å². The molecule has 5 heteroatoms. The van der Waals surface area contributed by atoms with E-state index in [2.05, 4.69) is 12.1 Å². The van der Waals surface area contributed by atoms with Gasteiger partial charge < -0.3 is 20.7 Å². The van der Waals surface area contributed by atoms with Crippen molar-refractivity contribution >= 4 is 5.97 Å². The molecule has 0 bridgehead atoms. The number of ether oxygens (including phenoxy) is 1. The van der Waals surface area contributed by atoms with Gasteiger partial charge in [-0.1, -0.05) is 60.7 Å². The number of fused-ring (bicyclic) bond motifs is 3. The van der Waals surface area contributed by atoms with Crippen LogP contribution in [0.4, 0.5) is 0 Å². The van der Waals surface area contributed by atoms with Crippen LogP contribution in [0, 0.1) is 0 Å². The summed E-state index contributed by atoms with van der Waals surface area (Å²) in [5.41, 5.74) is 8.68. The molecule has 148 valence electrons. The first-order chi connectivity index (χ1) is 13.9. The number of carbonyl (C=O) groups excluding carboxylic acids is 1. The topological polar surface area (TPSA) is 92.8 Å². The number of aromatic hydroxyl groups is 1. The minimum absolute atomic E-state index is 0.0355. The van der Waals surface area contributed by atoms with Crippen molar-refractivity contribution in [2.75, 3.05) is 6.61 Å². The van der Waals surface area contributed by atoms with Crippen LogP contribution in [0.2, 0.25) is 0 Å². The Morgan fingerprint density at radius 1 is 1.00 bits per heavy atom. The van der Waals surface area contributed by atoms with Crippen molar-refractivity contribution in [1.82, 2.24) is 0 Å². The third kappa shape index (κ3) is 3.18. The number of phenolic OH excluding ortho intramolecular Hbond substituents is 1. The number of rotatable bonds is 5. The van der Waals surface area contributed by atoms with Gasteiger partial charge in [0.15, 0.2) is 0 Å². The summed E-state index contributed by atoms with van der Waals surface area (Å²) in [5, 5.41) is 20.6. The van der Waals surface area contributed by atoms with E-state index in [0.29, 0.717) is 0 Å². The molecule has 3 aromatic rings. The molecule has 0 amide bonds. The second kappa shape index (κ2) is 7.35. The van der Waals surface area contributed by atoms with Crippen molar-refractivity contribution in [3.05, 3.63) is 89.5 Å². The Kier molecular flexibility index (Phi) is 4.86. The normalized spacial score (nSPS) is 15.8. The van der Waals surface area contributed by atoms with E-state index in [9.17, 15) is 15.0 Å². The molecule has 0 fully saturated rings. The summed E-state index contributed by atoms with van der Waals surface area (Å²) in [5.74, 6) is -0.878. The summed E-state index contributed by atoms with van der Waals surface area (Å²) in [6.45, 7) is 1.65. The van der Waals surface area contributed by atoms with Crippen LogP contribution in [-0.4, -0.2) is 28.8 Å². The van der Waals surface area contributed by atoms with Crippen LogP contribution in [-0.2, 0) is 15.1 Å². The van der Waals surface area contributed by atoms with E-state index in [1.807, 2.05) is 36.4 Å². The highest BCUT2D eigenvalue weighted by atomic mass is 16.5. The minimum atomic E-state index is -2.01. The molecular formula is C24H23NO4. The standard InChI is InChI=1S/C24H23NO4/c1-15(25)24(28,16-10-12-17(26)13-11-16)23(27)29-14-22-20-8-4-2-6-18(20)19-7-3-5-9-21(19)22/h2-13,15,22,26,28H,14,25H2,1H3. The lowest BCUT2D eigenvalue weighted by atomic mass is 9.87. The first-order valence-electron chi connectivity index (χ1n) is 9.56. The molecule has 4 rings (SSSR count). The molecule has 0 spiro atoms. The van der Waals surface area contributed by atoms with E-state index < -0.39 is 17.6 Å². The maximum absolute atomic E-state index is 13.0. The fourth-order valence-electron chi connectivity index (χ4n) is 3.99. The summed E-state index contributed by atoms with van der Waals surface area (Å²) < 4.78 is 5.62. The molecule has 0 saturated carbocycles. The van der Waals surface area contributed by atoms with Crippen LogP contribution in [0.5, 0.6) is 5.75 Å². The predicted octanol–water partition coefficient (Wildman–Crippen LogP) is 3.28. The van der Waals surface area contributed by atoms with Gasteiger partial charge in [0.1, 0.15) is 12.4 Å². The summed E-state index contributed by atoms with van der Waals surface area (Å²) in [7, 11) is 0. The SMILES string of the molecule is CC(N)C(O)(C(=O)OCC1c2ccccc2-c2ccccc21)c1ccc(O)cc1. The third-order valence-corrected chi connectivity index (χ3v) is 5.62. The van der Waals surface area contributed by atoms with Crippen LogP contribution < -0.4 is 5.73 Å². The number of esters is 1. The van der Waals surface area contributed by atoms with Crippen molar-refractivity contribution in [3.8, 4) is 16.9 Å². The second-order valence-corrected chi connectivity index (χ2v) is 7.43. The quantitative estimate of drug-likeness (QED) is 0.583. The monoisotopic (exact) mass is 389 g/mol. The highest BCUT2D eigenvalue weighted by Crippen LogP contribution is 2.44. The Morgan fingerprint density at radius 2 is 1.52 bits per heavy atom. The molecule has 29 heavy (non-hydrogen) atoms. The van der Waals surface area contributed by atoms with Gasteiger partial charge in [-0.2, -0.15) is 0 Å². The third-order valence-electron chi connectivity index (χ3n) is 5.62. The molecule has 4 N–H and O–H groups in total. The molecule has 1 aliphatic carbocycles. The van der Waals surface area contributed by atoms with Crippen molar-refractivity contribution in [1.29, 1.82) is 0 Å². The summed E-state index contributed by atoms with van der Waals surface area (Å²) in [6, 6.07) is 20.9. The molecular weight excluding hydrogens is 366 g/mol. The van der Waals surface area contributed by atoms with Gasteiger partial charge in [0, 0.05) is 12.0 Å². The number of hydrogen-bond donors (Lipinski definition) is 3. The largest absolute Gasteiger partial charge is 0.508 e. The highest BCUT2D eigenvalue weighted by Gasteiger charge is 2.44. The number of phenols is 1. The van der Waals surface area contributed by atoms with Gasteiger partial charge in [-0.05, 0) is 46.9 Å². The van der Waals surface area contributed by atoms with Gasteiger partial charge in [0.25, 0.3) is 0 Å². The van der Waals surface area contributed by atoms with Crippen LogP contribution in [0.15, 0.2) is 72.8 Å². The lowest BCUT2D eigenvalue weighted by Gasteiger charge is -2.30. The van der Waals surface area contributed by atoms with Crippen molar-refractivity contribution < 1.29 is 19.7 Å². The van der Waals surface area contributed by atoms with E-state index in [0.717, 1.165) is 22.3 Å². The fraction of sp³-hybridized carbons (Fsp3) is 0.208. The van der Waals surface area contributed by atoms with Gasteiger partial charge >= 0.3 is 5.97 Å². The van der Waals surface area contributed by atoms with Crippen molar-refractivity contribution in [3.63, 3.8) is 0 Å². The highest BCUT2D eigenvalue weighted by molar-refractivity contribution is 5.83.